The number of nitrogens with zero attached hydrogens (tertiary/aromatic N) is 1. The highest BCUT2D eigenvalue weighted by atomic mass is 35.5. The summed E-state index contributed by atoms with van der Waals surface area (Å²) in [6.45, 7) is 4.51. The van der Waals surface area contributed by atoms with Crippen LogP contribution in [0.5, 0.6) is 0 Å². The maximum atomic E-state index is 12.5. The van der Waals surface area contributed by atoms with Crippen molar-refractivity contribution in [1.29, 1.82) is 0 Å². The van der Waals surface area contributed by atoms with Crippen LogP contribution in [0.25, 0.3) is 0 Å². The van der Waals surface area contributed by atoms with E-state index >= 15 is 0 Å². The smallest absolute Gasteiger partial charge is 0.338 e. The Kier molecular flexibility index (Phi) is 5.61. The zero-order valence-electron chi connectivity index (χ0n) is 15.2. The number of fused-ring (bicyclic) bond motifs is 1. The van der Waals surface area contributed by atoms with Gasteiger partial charge in [-0.15, -0.1) is 0 Å². The summed E-state index contributed by atoms with van der Waals surface area (Å²) in [5.41, 5.74) is 1.59. The highest BCUT2D eigenvalue weighted by molar-refractivity contribution is 6.30. The van der Waals surface area contributed by atoms with E-state index in [2.05, 4.69) is 0 Å². The summed E-state index contributed by atoms with van der Waals surface area (Å²) >= 11 is 5.92. The normalized spacial score (nSPS) is 13.3. The fourth-order valence-electron chi connectivity index (χ4n) is 2.87. The minimum Gasteiger partial charge on any atom is -0.457 e. The van der Waals surface area contributed by atoms with Gasteiger partial charge in [0.1, 0.15) is 6.61 Å². The van der Waals surface area contributed by atoms with Crippen molar-refractivity contribution in [1.82, 2.24) is 4.90 Å². The zero-order chi connectivity index (χ0) is 19.6. The molecule has 0 N–H and O–H groups in total. The first kappa shape index (κ1) is 19.1. The Morgan fingerprint density at radius 1 is 1.07 bits per heavy atom. The summed E-state index contributed by atoms with van der Waals surface area (Å²) in [6.07, 6.45) is 0.736. The molecule has 2 amide bonds. The average Bonchev–Trinajstić information content (AvgIpc) is 2.88. The quantitative estimate of drug-likeness (QED) is 0.548. The summed E-state index contributed by atoms with van der Waals surface area (Å²) in [6, 6.07) is 11.5. The number of ether oxygens (including phenoxy) is 1. The van der Waals surface area contributed by atoms with Crippen molar-refractivity contribution in [3.8, 4) is 0 Å². The SMILES string of the molecule is CC(C)CCN1C(=O)c2ccc(C(=O)OCc3cccc(Cl)c3)cc2C1=O. The van der Waals surface area contributed by atoms with Crippen LogP contribution >= 0.6 is 11.6 Å². The van der Waals surface area contributed by atoms with Gasteiger partial charge < -0.3 is 4.74 Å². The molecule has 0 saturated carbocycles. The number of carbonyl (C=O) groups excluding carboxylic acids is 3. The van der Waals surface area contributed by atoms with Gasteiger partial charge >= 0.3 is 5.97 Å². The van der Waals surface area contributed by atoms with Gasteiger partial charge in [0, 0.05) is 11.6 Å². The van der Waals surface area contributed by atoms with Crippen molar-refractivity contribution in [3.63, 3.8) is 0 Å². The highest BCUT2D eigenvalue weighted by Gasteiger charge is 2.35. The van der Waals surface area contributed by atoms with Gasteiger partial charge in [0.2, 0.25) is 0 Å². The highest BCUT2D eigenvalue weighted by Crippen LogP contribution is 2.25. The molecule has 0 bridgehead atoms. The number of imide groups is 1. The number of amides is 2. The van der Waals surface area contributed by atoms with Gasteiger partial charge in [-0.25, -0.2) is 4.79 Å². The van der Waals surface area contributed by atoms with Crippen molar-refractivity contribution in [2.45, 2.75) is 26.9 Å². The lowest BCUT2D eigenvalue weighted by Gasteiger charge is -2.14. The van der Waals surface area contributed by atoms with E-state index in [-0.39, 0.29) is 29.5 Å². The molecule has 0 aliphatic carbocycles. The van der Waals surface area contributed by atoms with Crippen LogP contribution in [-0.2, 0) is 11.3 Å². The summed E-state index contributed by atoms with van der Waals surface area (Å²) < 4.78 is 5.29. The second-order valence-electron chi connectivity index (χ2n) is 6.91. The molecule has 27 heavy (non-hydrogen) atoms. The first-order valence-electron chi connectivity index (χ1n) is 8.78. The molecule has 0 radical (unpaired) electrons. The van der Waals surface area contributed by atoms with E-state index in [0.717, 1.165) is 12.0 Å². The largest absolute Gasteiger partial charge is 0.457 e. The molecule has 0 fully saturated rings. The Morgan fingerprint density at radius 2 is 1.81 bits per heavy atom. The van der Waals surface area contributed by atoms with E-state index in [4.69, 9.17) is 16.3 Å². The third-order valence-corrected chi connectivity index (χ3v) is 4.63. The molecule has 6 heteroatoms. The van der Waals surface area contributed by atoms with E-state index in [1.807, 2.05) is 13.8 Å². The maximum Gasteiger partial charge on any atom is 0.338 e. The number of esters is 1. The molecule has 140 valence electrons. The second kappa shape index (κ2) is 7.92. The lowest BCUT2D eigenvalue weighted by molar-refractivity contribution is 0.0472. The van der Waals surface area contributed by atoms with Crippen LogP contribution in [0.1, 0.15) is 56.9 Å². The predicted molar refractivity (Wildman–Crippen MR) is 102 cm³/mol. The van der Waals surface area contributed by atoms with Crippen molar-refractivity contribution >= 4 is 29.4 Å². The maximum absolute atomic E-state index is 12.5. The summed E-state index contributed by atoms with van der Waals surface area (Å²) in [5.74, 6) is -0.848. The molecule has 0 atom stereocenters. The predicted octanol–water partition coefficient (Wildman–Crippen LogP) is 4.34. The van der Waals surface area contributed by atoms with Crippen molar-refractivity contribution in [2.75, 3.05) is 6.54 Å². The van der Waals surface area contributed by atoms with Crippen LogP contribution in [0.2, 0.25) is 5.02 Å². The van der Waals surface area contributed by atoms with E-state index in [9.17, 15) is 14.4 Å². The van der Waals surface area contributed by atoms with Gasteiger partial charge in [-0.2, -0.15) is 0 Å². The van der Waals surface area contributed by atoms with Gasteiger partial charge in [0.15, 0.2) is 0 Å². The number of benzene rings is 2. The molecule has 0 saturated heterocycles. The minimum atomic E-state index is -0.557. The molecule has 2 aromatic carbocycles. The number of halogens is 1. The van der Waals surface area contributed by atoms with E-state index < -0.39 is 5.97 Å². The molecule has 5 nitrogen and oxygen atoms in total. The average molecular weight is 386 g/mol. The fraction of sp³-hybridized carbons (Fsp3) is 0.286. The monoisotopic (exact) mass is 385 g/mol. The molecule has 0 unspecified atom stereocenters. The topological polar surface area (TPSA) is 63.7 Å². The molecule has 3 rings (SSSR count). The Labute approximate surface area is 162 Å². The summed E-state index contributed by atoms with van der Waals surface area (Å²) in [4.78, 5) is 38.5. The van der Waals surface area contributed by atoms with E-state index in [1.165, 1.54) is 23.1 Å². The number of hydrogen-bond donors (Lipinski definition) is 0. The number of hydrogen-bond acceptors (Lipinski definition) is 4. The van der Waals surface area contributed by atoms with E-state index in [1.54, 1.807) is 24.3 Å². The zero-order valence-corrected chi connectivity index (χ0v) is 16.0. The number of rotatable bonds is 6. The van der Waals surface area contributed by atoms with E-state index in [0.29, 0.717) is 23.0 Å². The standard InChI is InChI=1S/C21H20ClNO4/c1-13(2)8-9-23-19(24)17-7-6-15(11-18(17)20(23)25)21(26)27-12-14-4-3-5-16(22)10-14/h3-7,10-11,13H,8-9,12H2,1-2H3. The van der Waals surface area contributed by atoms with Gasteiger partial charge in [-0.3, -0.25) is 14.5 Å². The Morgan fingerprint density at radius 3 is 2.52 bits per heavy atom. The first-order valence-corrected chi connectivity index (χ1v) is 9.16. The van der Waals surface area contributed by atoms with Crippen LogP contribution in [-0.4, -0.2) is 29.2 Å². The third kappa shape index (κ3) is 4.19. The van der Waals surface area contributed by atoms with Crippen molar-refractivity contribution < 1.29 is 19.1 Å². The minimum absolute atomic E-state index is 0.0733. The lowest BCUT2D eigenvalue weighted by atomic mass is 10.1. The Hall–Kier alpha value is -2.66. The van der Waals surface area contributed by atoms with Crippen LogP contribution in [0, 0.1) is 5.92 Å². The van der Waals surface area contributed by atoms with Gasteiger partial charge in [0.05, 0.1) is 16.7 Å². The van der Waals surface area contributed by atoms with Crippen LogP contribution in [0.4, 0.5) is 0 Å². The molecular weight excluding hydrogens is 366 g/mol. The molecule has 0 spiro atoms. The molecule has 1 aliphatic heterocycles. The van der Waals surface area contributed by atoms with Crippen molar-refractivity contribution in [3.05, 3.63) is 69.7 Å². The Balaban J connectivity index is 1.72. The number of carbonyl (C=O) groups is 3. The van der Waals surface area contributed by atoms with Gasteiger partial charge in [0.25, 0.3) is 11.8 Å². The second-order valence-corrected chi connectivity index (χ2v) is 7.35. The molecule has 1 aliphatic rings. The van der Waals surface area contributed by atoms with Gasteiger partial charge in [-0.05, 0) is 48.2 Å². The first-order chi connectivity index (χ1) is 12.9. The van der Waals surface area contributed by atoms with Gasteiger partial charge in [-0.1, -0.05) is 37.6 Å². The van der Waals surface area contributed by atoms with Crippen LogP contribution in [0.15, 0.2) is 42.5 Å². The van der Waals surface area contributed by atoms with Crippen LogP contribution < -0.4 is 0 Å². The molecule has 1 heterocycles. The Bertz CT molecular complexity index is 907. The van der Waals surface area contributed by atoms with Crippen molar-refractivity contribution in [2.24, 2.45) is 5.92 Å². The third-order valence-electron chi connectivity index (χ3n) is 4.40. The molecule has 0 aromatic heterocycles. The molecule has 2 aromatic rings. The fourth-order valence-corrected chi connectivity index (χ4v) is 3.08. The van der Waals surface area contributed by atoms with Crippen LogP contribution in [0.3, 0.4) is 0 Å². The summed E-state index contributed by atoms with van der Waals surface area (Å²) in [5, 5.41) is 0.562. The summed E-state index contributed by atoms with van der Waals surface area (Å²) in [7, 11) is 0. The lowest BCUT2D eigenvalue weighted by Crippen LogP contribution is -2.31. The molecular formula is C21H20ClNO4.